The number of hydrogen-bond donors (Lipinski definition) is 3. The lowest BCUT2D eigenvalue weighted by Gasteiger charge is -2.24. The molecule has 5 nitrogen and oxygen atoms in total. The SMILES string of the molecule is Cc1ccccc1OCC(O)CNC(C)(C)C(N)=O. The van der Waals surface area contributed by atoms with E-state index in [1.165, 1.54) is 0 Å². The van der Waals surface area contributed by atoms with Crippen molar-refractivity contribution in [1.29, 1.82) is 0 Å². The van der Waals surface area contributed by atoms with Crippen molar-refractivity contribution < 1.29 is 14.6 Å². The summed E-state index contributed by atoms with van der Waals surface area (Å²) < 4.78 is 5.52. The zero-order chi connectivity index (χ0) is 14.5. The minimum atomic E-state index is -0.844. The van der Waals surface area contributed by atoms with E-state index in [-0.39, 0.29) is 13.2 Å². The summed E-state index contributed by atoms with van der Waals surface area (Å²) in [5, 5.41) is 12.7. The fourth-order valence-electron chi connectivity index (χ4n) is 1.42. The van der Waals surface area contributed by atoms with Gasteiger partial charge in [0.25, 0.3) is 0 Å². The van der Waals surface area contributed by atoms with Crippen molar-refractivity contribution in [2.24, 2.45) is 5.73 Å². The summed E-state index contributed by atoms with van der Waals surface area (Å²) in [6.45, 7) is 5.68. The van der Waals surface area contributed by atoms with E-state index in [1.807, 2.05) is 31.2 Å². The van der Waals surface area contributed by atoms with Crippen LogP contribution in [0.5, 0.6) is 5.75 Å². The number of carbonyl (C=O) groups is 1. The number of nitrogens with two attached hydrogens (primary N) is 1. The monoisotopic (exact) mass is 266 g/mol. The van der Waals surface area contributed by atoms with Gasteiger partial charge in [-0.15, -0.1) is 0 Å². The molecule has 0 aromatic heterocycles. The molecule has 1 aromatic carbocycles. The second kappa shape index (κ2) is 6.54. The van der Waals surface area contributed by atoms with Crippen LogP contribution in [0.1, 0.15) is 19.4 Å². The Morgan fingerprint density at radius 3 is 2.68 bits per heavy atom. The summed E-state index contributed by atoms with van der Waals surface area (Å²) >= 11 is 0. The summed E-state index contributed by atoms with van der Waals surface area (Å²) in [5.41, 5.74) is 5.40. The third kappa shape index (κ3) is 4.89. The molecule has 19 heavy (non-hydrogen) atoms. The molecule has 0 saturated heterocycles. The smallest absolute Gasteiger partial charge is 0.237 e. The van der Waals surface area contributed by atoms with Crippen LogP contribution in [0.3, 0.4) is 0 Å². The van der Waals surface area contributed by atoms with Crippen molar-refractivity contribution >= 4 is 5.91 Å². The Labute approximate surface area is 113 Å². The highest BCUT2D eigenvalue weighted by Gasteiger charge is 2.24. The first kappa shape index (κ1) is 15.5. The number of aryl methyl sites for hydroxylation is 1. The van der Waals surface area contributed by atoms with E-state index in [2.05, 4.69) is 5.32 Å². The number of rotatable bonds is 7. The maximum absolute atomic E-state index is 11.1. The van der Waals surface area contributed by atoms with Gasteiger partial charge in [-0.25, -0.2) is 0 Å². The molecule has 0 aliphatic rings. The molecule has 106 valence electrons. The largest absolute Gasteiger partial charge is 0.491 e. The van der Waals surface area contributed by atoms with Gasteiger partial charge in [0, 0.05) is 6.54 Å². The Morgan fingerprint density at radius 2 is 2.11 bits per heavy atom. The number of primary amides is 1. The molecule has 0 bridgehead atoms. The molecular weight excluding hydrogens is 244 g/mol. The zero-order valence-electron chi connectivity index (χ0n) is 11.6. The van der Waals surface area contributed by atoms with Crippen molar-refractivity contribution in [3.05, 3.63) is 29.8 Å². The van der Waals surface area contributed by atoms with Gasteiger partial charge in [-0.05, 0) is 32.4 Å². The third-order valence-electron chi connectivity index (χ3n) is 2.92. The normalized spacial score (nSPS) is 13.1. The van der Waals surface area contributed by atoms with E-state index in [1.54, 1.807) is 13.8 Å². The van der Waals surface area contributed by atoms with Gasteiger partial charge < -0.3 is 20.9 Å². The summed E-state index contributed by atoms with van der Waals surface area (Å²) in [6, 6.07) is 7.59. The standard InChI is InChI=1S/C14H22N2O3/c1-10-6-4-5-7-12(10)19-9-11(17)8-16-14(2,3)13(15)18/h4-7,11,16-17H,8-9H2,1-3H3,(H2,15,18). The molecule has 1 aromatic rings. The molecule has 0 aliphatic heterocycles. The second-order valence-corrected chi connectivity index (χ2v) is 5.10. The van der Waals surface area contributed by atoms with Gasteiger partial charge in [-0.1, -0.05) is 18.2 Å². The molecule has 5 heteroatoms. The van der Waals surface area contributed by atoms with Gasteiger partial charge in [-0.2, -0.15) is 0 Å². The fraction of sp³-hybridized carbons (Fsp3) is 0.500. The molecule has 1 atom stereocenters. The Morgan fingerprint density at radius 1 is 1.47 bits per heavy atom. The topological polar surface area (TPSA) is 84.6 Å². The van der Waals surface area contributed by atoms with Crippen LogP contribution < -0.4 is 15.8 Å². The van der Waals surface area contributed by atoms with Crippen molar-refractivity contribution in [3.8, 4) is 5.75 Å². The number of hydrogen-bond acceptors (Lipinski definition) is 4. The van der Waals surface area contributed by atoms with Gasteiger partial charge in [0.15, 0.2) is 0 Å². The number of aliphatic hydroxyl groups is 1. The highest BCUT2D eigenvalue weighted by Crippen LogP contribution is 2.16. The van der Waals surface area contributed by atoms with E-state index in [0.717, 1.165) is 11.3 Å². The Kier molecular flexibility index (Phi) is 5.32. The zero-order valence-corrected chi connectivity index (χ0v) is 11.6. The van der Waals surface area contributed by atoms with E-state index < -0.39 is 17.6 Å². The van der Waals surface area contributed by atoms with E-state index >= 15 is 0 Å². The summed E-state index contributed by atoms with van der Waals surface area (Å²) in [7, 11) is 0. The van der Waals surface area contributed by atoms with Crippen LogP contribution in [-0.4, -0.2) is 35.8 Å². The van der Waals surface area contributed by atoms with E-state index in [0.29, 0.717) is 0 Å². The van der Waals surface area contributed by atoms with Crippen LogP contribution in [0, 0.1) is 6.92 Å². The minimum absolute atomic E-state index is 0.159. The molecule has 0 heterocycles. The first-order valence-corrected chi connectivity index (χ1v) is 6.24. The lowest BCUT2D eigenvalue weighted by atomic mass is 10.1. The molecule has 1 amide bonds. The predicted molar refractivity (Wildman–Crippen MR) is 74.0 cm³/mol. The first-order chi connectivity index (χ1) is 8.83. The molecule has 1 unspecified atom stereocenters. The number of nitrogens with one attached hydrogen (secondary N) is 1. The Balaban J connectivity index is 2.39. The maximum Gasteiger partial charge on any atom is 0.237 e. The molecule has 0 spiro atoms. The summed E-state index contributed by atoms with van der Waals surface area (Å²) in [4.78, 5) is 11.1. The molecule has 1 rings (SSSR count). The molecule has 4 N–H and O–H groups in total. The van der Waals surface area contributed by atoms with Gasteiger partial charge >= 0.3 is 0 Å². The van der Waals surface area contributed by atoms with Crippen LogP contribution in [0.4, 0.5) is 0 Å². The van der Waals surface area contributed by atoms with Crippen molar-refractivity contribution in [3.63, 3.8) is 0 Å². The third-order valence-corrected chi connectivity index (χ3v) is 2.92. The Hall–Kier alpha value is -1.59. The van der Waals surface area contributed by atoms with Crippen LogP contribution in [-0.2, 0) is 4.79 Å². The summed E-state index contributed by atoms with van der Waals surface area (Å²) in [5.74, 6) is 0.287. The lowest BCUT2D eigenvalue weighted by molar-refractivity contribution is -0.123. The van der Waals surface area contributed by atoms with Crippen molar-refractivity contribution in [2.45, 2.75) is 32.4 Å². The maximum atomic E-state index is 11.1. The van der Waals surface area contributed by atoms with E-state index in [9.17, 15) is 9.90 Å². The highest BCUT2D eigenvalue weighted by atomic mass is 16.5. The molecular formula is C14H22N2O3. The van der Waals surface area contributed by atoms with Crippen LogP contribution in [0.25, 0.3) is 0 Å². The van der Waals surface area contributed by atoms with Crippen molar-refractivity contribution in [2.75, 3.05) is 13.2 Å². The highest BCUT2D eigenvalue weighted by molar-refractivity contribution is 5.83. The lowest BCUT2D eigenvalue weighted by Crippen LogP contribution is -2.53. The van der Waals surface area contributed by atoms with E-state index in [4.69, 9.17) is 10.5 Å². The number of benzene rings is 1. The average Bonchev–Trinajstić information content (AvgIpc) is 2.35. The molecule has 0 fully saturated rings. The van der Waals surface area contributed by atoms with Gasteiger partial charge in [-0.3, -0.25) is 4.79 Å². The van der Waals surface area contributed by atoms with Crippen molar-refractivity contribution in [1.82, 2.24) is 5.32 Å². The molecule has 0 aliphatic carbocycles. The molecule has 0 radical (unpaired) electrons. The van der Waals surface area contributed by atoms with Crippen LogP contribution in [0.15, 0.2) is 24.3 Å². The van der Waals surface area contributed by atoms with Gasteiger partial charge in [0.1, 0.15) is 18.5 Å². The number of ether oxygens (including phenoxy) is 1. The van der Waals surface area contributed by atoms with Crippen LogP contribution >= 0.6 is 0 Å². The number of carbonyl (C=O) groups excluding carboxylic acids is 1. The second-order valence-electron chi connectivity index (χ2n) is 5.10. The number of β-amino-alcohol motifs (C(OH)–C–C–N with tert-alkyl or cyclic N) is 1. The predicted octanol–water partition coefficient (Wildman–Crippen LogP) is 0.588. The average molecular weight is 266 g/mol. The van der Waals surface area contributed by atoms with Crippen LogP contribution in [0.2, 0.25) is 0 Å². The molecule has 0 saturated carbocycles. The number of para-hydroxylation sites is 1. The minimum Gasteiger partial charge on any atom is -0.491 e. The number of amides is 1. The Bertz CT molecular complexity index is 432. The summed E-state index contributed by atoms with van der Waals surface area (Å²) in [6.07, 6.45) is -0.710. The number of aliphatic hydroxyl groups excluding tert-OH is 1. The quantitative estimate of drug-likeness (QED) is 0.674. The van der Waals surface area contributed by atoms with Gasteiger partial charge in [0.05, 0.1) is 5.54 Å². The first-order valence-electron chi connectivity index (χ1n) is 6.24. The fourth-order valence-corrected chi connectivity index (χ4v) is 1.42. The van der Waals surface area contributed by atoms with Gasteiger partial charge in [0.2, 0.25) is 5.91 Å².